The molecule has 0 amide bonds. The molecule has 156 valence electrons. The van der Waals surface area contributed by atoms with Crippen LogP contribution in [0.3, 0.4) is 0 Å². The van der Waals surface area contributed by atoms with Gasteiger partial charge >= 0.3 is 29.9 Å². The molecule has 4 rings (SSSR count). The van der Waals surface area contributed by atoms with Gasteiger partial charge in [-0.05, 0) is 73.6 Å². The van der Waals surface area contributed by atoms with Crippen molar-refractivity contribution in [3.8, 4) is 0 Å². The van der Waals surface area contributed by atoms with Crippen molar-refractivity contribution < 1.29 is 9.53 Å². The number of hydrogen-bond acceptors (Lipinski definition) is 5. The van der Waals surface area contributed by atoms with E-state index in [2.05, 4.69) is 20.6 Å². The Bertz CT molecular complexity index is 574. The summed E-state index contributed by atoms with van der Waals surface area (Å²) in [4.78, 5) is 13.9. The SMILES string of the molecule is O=C(OC1CCCCC1)C(c1nnn[nH]1)(C1CCCCC1)C1CCCCC1.[SnH2]. The number of esters is 1. The van der Waals surface area contributed by atoms with Crippen molar-refractivity contribution in [2.45, 2.75) is 108 Å². The Kier molecular flexibility index (Phi) is 8.18. The van der Waals surface area contributed by atoms with E-state index in [0.717, 1.165) is 38.5 Å². The summed E-state index contributed by atoms with van der Waals surface area (Å²) < 4.78 is 6.23. The number of hydrogen-bond donors (Lipinski definition) is 1. The van der Waals surface area contributed by atoms with Crippen LogP contribution >= 0.6 is 0 Å². The number of H-pyrrole nitrogens is 1. The van der Waals surface area contributed by atoms with Crippen LogP contribution in [0.15, 0.2) is 0 Å². The Morgan fingerprint density at radius 3 is 1.79 bits per heavy atom. The number of carbonyl (C=O) groups is 1. The third-order valence-corrected chi connectivity index (χ3v) is 7.40. The number of tetrazole rings is 1. The molecule has 28 heavy (non-hydrogen) atoms. The van der Waals surface area contributed by atoms with Crippen LogP contribution in [0.1, 0.15) is 102 Å². The first-order valence-electron chi connectivity index (χ1n) is 11.3. The molecule has 3 aliphatic carbocycles. The molecule has 1 aromatic rings. The van der Waals surface area contributed by atoms with Crippen LogP contribution in [0.2, 0.25) is 0 Å². The molecule has 1 N–H and O–H groups in total. The standard InChI is InChI=1S/C21H34N4O2.Sn.2H/c26-20(27-18-14-8-3-9-15-18)21(19-22-24-25-23-19,16-10-4-1-5-11-16)17-12-6-2-7-13-17;;;/h16-18H,1-15H2,(H,22,23,24,25);;;. The average molecular weight is 495 g/mol. The number of aromatic nitrogens is 4. The zero-order valence-corrected chi connectivity index (χ0v) is 21.2. The molecule has 1 aromatic heterocycles. The summed E-state index contributed by atoms with van der Waals surface area (Å²) in [5.41, 5.74) is -0.679. The van der Waals surface area contributed by atoms with Crippen LogP contribution in [0.5, 0.6) is 0 Å². The van der Waals surface area contributed by atoms with Crippen molar-refractivity contribution >= 4 is 29.9 Å². The second-order valence-corrected chi connectivity index (χ2v) is 8.95. The number of nitrogens with zero attached hydrogens (tertiary/aromatic N) is 3. The average Bonchev–Trinajstić information content (AvgIpc) is 3.26. The fourth-order valence-electron chi connectivity index (χ4n) is 6.03. The van der Waals surface area contributed by atoms with Gasteiger partial charge in [0.15, 0.2) is 5.82 Å². The molecule has 3 fully saturated rings. The van der Waals surface area contributed by atoms with E-state index in [1.54, 1.807) is 0 Å². The fourth-order valence-corrected chi connectivity index (χ4v) is 6.03. The molecule has 3 aliphatic rings. The Morgan fingerprint density at radius 2 is 1.32 bits per heavy atom. The van der Waals surface area contributed by atoms with Gasteiger partial charge in [0.1, 0.15) is 11.5 Å². The third-order valence-electron chi connectivity index (χ3n) is 7.40. The van der Waals surface area contributed by atoms with E-state index in [1.165, 1.54) is 57.8 Å². The summed E-state index contributed by atoms with van der Waals surface area (Å²) in [6.45, 7) is 0. The fraction of sp³-hybridized carbons (Fsp3) is 0.905. The van der Waals surface area contributed by atoms with Gasteiger partial charge in [-0.25, -0.2) is 5.10 Å². The number of nitrogens with one attached hydrogen (secondary N) is 1. The summed E-state index contributed by atoms with van der Waals surface area (Å²) in [6, 6.07) is 0. The van der Waals surface area contributed by atoms with Crippen molar-refractivity contribution in [1.29, 1.82) is 0 Å². The number of rotatable bonds is 5. The summed E-state index contributed by atoms with van der Waals surface area (Å²) in [6.07, 6.45) is 17.3. The van der Waals surface area contributed by atoms with Crippen LogP contribution in [0, 0.1) is 11.8 Å². The molecule has 2 radical (unpaired) electrons. The Labute approximate surface area is 185 Å². The van der Waals surface area contributed by atoms with Crippen LogP contribution in [0.4, 0.5) is 0 Å². The van der Waals surface area contributed by atoms with Gasteiger partial charge in [0.25, 0.3) is 0 Å². The van der Waals surface area contributed by atoms with Gasteiger partial charge in [-0.3, -0.25) is 4.79 Å². The summed E-state index contributed by atoms with van der Waals surface area (Å²) in [5.74, 6) is 1.22. The third kappa shape index (κ3) is 4.41. The molecule has 0 bridgehead atoms. The van der Waals surface area contributed by atoms with Crippen molar-refractivity contribution in [3.63, 3.8) is 0 Å². The molecule has 3 saturated carbocycles. The van der Waals surface area contributed by atoms with Gasteiger partial charge in [-0.1, -0.05) is 44.9 Å². The second kappa shape index (κ2) is 10.4. The van der Waals surface area contributed by atoms with E-state index in [4.69, 9.17) is 4.74 Å². The minimum atomic E-state index is -0.679. The molecule has 0 atom stereocenters. The van der Waals surface area contributed by atoms with E-state index in [1.807, 2.05) is 0 Å². The van der Waals surface area contributed by atoms with Crippen molar-refractivity contribution in [2.75, 3.05) is 0 Å². The normalized spacial score (nSPS) is 23.1. The predicted molar refractivity (Wildman–Crippen MR) is 111 cm³/mol. The van der Waals surface area contributed by atoms with Crippen molar-refractivity contribution in [3.05, 3.63) is 5.82 Å². The first kappa shape index (κ1) is 22.0. The molecule has 0 aromatic carbocycles. The summed E-state index contributed by atoms with van der Waals surface area (Å²) in [5, 5.41) is 15.1. The Balaban J connectivity index is 0.00000225. The quantitative estimate of drug-likeness (QED) is 0.500. The molecule has 6 nitrogen and oxygen atoms in total. The second-order valence-electron chi connectivity index (χ2n) is 8.95. The van der Waals surface area contributed by atoms with E-state index in [0.29, 0.717) is 17.7 Å². The first-order valence-corrected chi connectivity index (χ1v) is 11.3. The first-order chi connectivity index (χ1) is 13.3. The van der Waals surface area contributed by atoms with E-state index in [9.17, 15) is 4.79 Å². The van der Waals surface area contributed by atoms with Crippen LogP contribution < -0.4 is 0 Å². The maximum atomic E-state index is 13.9. The number of ether oxygens (including phenoxy) is 1. The summed E-state index contributed by atoms with van der Waals surface area (Å²) in [7, 11) is 0. The van der Waals surface area contributed by atoms with Gasteiger partial charge in [-0.15, -0.1) is 5.10 Å². The van der Waals surface area contributed by atoms with E-state index < -0.39 is 5.41 Å². The molecule has 0 aliphatic heterocycles. The number of aromatic amines is 1. The van der Waals surface area contributed by atoms with Gasteiger partial charge in [0, 0.05) is 0 Å². The van der Waals surface area contributed by atoms with Gasteiger partial charge < -0.3 is 4.74 Å². The van der Waals surface area contributed by atoms with Crippen molar-refractivity contribution in [1.82, 2.24) is 20.6 Å². The monoisotopic (exact) mass is 496 g/mol. The molecule has 7 heteroatoms. The topological polar surface area (TPSA) is 80.8 Å². The Morgan fingerprint density at radius 1 is 0.821 bits per heavy atom. The van der Waals surface area contributed by atoms with E-state index in [-0.39, 0.29) is 36.0 Å². The van der Waals surface area contributed by atoms with Gasteiger partial charge in [-0.2, -0.15) is 0 Å². The van der Waals surface area contributed by atoms with Crippen LogP contribution in [-0.2, 0) is 14.9 Å². The molecular weight excluding hydrogens is 459 g/mol. The van der Waals surface area contributed by atoms with Crippen LogP contribution in [-0.4, -0.2) is 56.6 Å². The van der Waals surface area contributed by atoms with Crippen LogP contribution in [0.25, 0.3) is 0 Å². The molecule has 0 spiro atoms. The van der Waals surface area contributed by atoms with Gasteiger partial charge in [0.05, 0.1) is 0 Å². The molecular formula is C21H36N4O2Sn. The molecule has 0 unspecified atom stereocenters. The van der Waals surface area contributed by atoms with Crippen molar-refractivity contribution in [2.24, 2.45) is 11.8 Å². The summed E-state index contributed by atoms with van der Waals surface area (Å²) >= 11 is 0. The number of carbonyl (C=O) groups excluding carboxylic acids is 1. The zero-order valence-electron chi connectivity index (χ0n) is 17.2. The molecule has 0 saturated heterocycles. The van der Waals surface area contributed by atoms with E-state index >= 15 is 0 Å². The Hall–Kier alpha value is -0.661. The molecule has 1 heterocycles. The van der Waals surface area contributed by atoms with Gasteiger partial charge in [0.2, 0.25) is 0 Å². The predicted octanol–water partition coefficient (Wildman–Crippen LogP) is 3.56. The minimum absolute atomic E-state index is 0. The maximum absolute atomic E-state index is 13.9. The zero-order chi connectivity index (χ0) is 18.5.